The molecule has 0 saturated heterocycles. The lowest BCUT2D eigenvalue weighted by Gasteiger charge is -2.21. The summed E-state index contributed by atoms with van der Waals surface area (Å²) in [7, 11) is -9.89. The number of hydrogen-bond acceptors (Lipinski definition) is 15. The molecule has 0 rings (SSSR count). The van der Waals surface area contributed by atoms with E-state index in [4.69, 9.17) is 37.0 Å². The molecule has 0 aliphatic heterocycles. The first kappa shape index (κ1) is 83.1. The van der Waals surface area contributed by atoms with E-state index in [1.54, 1.807) is 0 Å². The number of unbranched alkanes of at least 4 members (excludes halogenated alkanes) is 28. The van der Waals surface area contributed by atoms with E-state index in [-0.39, 0.29) is 25.7 Å². The second-order valence-electron chi connectivity index (χ2n) is 25.5. The minimum atomic E-state index is -4.95. The first-order chi connectivity index (χ1) is 40.6. The Morgan fingerprint density at radius 3 is 0.835 bits per heavy atom. The van der Waals surface area contributed by atoms with Crippen molar-refractivity contribution < 1.29 is 80.2 Å². The fourth-order valence-corrected chi connectivity index (χ4v) is 11.3. The van der Waals surface area contributed by atoms with Crippen molar-refractivity contribution in [3.05, 3.63) is 0 Å². The Morgan fingerprint density at radius 2 is 0.565 bits per heavy atom. The Morgan fingerprint density at radius 1 is 0.329 bits per heavy atom. The molecular weight excluding hydrogens is 1130 g/mol. The number of esters is 4. The van der Waals surface area contributed by atoms with Gasteiger partial charge in [-0.15, -0.1) is 0 Å². The predicted molar refractivity (Wildman–Crippen MR) is 340 cm³/mol. The standard InChI is InChI=1S/C66H128O17P2/c1-9-59(8)45-37-29-20-15-17-23-33-41-49-66(71)83-62(53-77-64(69)47-39-31-25-24-28-36-44-58(6)7)55-81-85(74,75)79-51-60(67)50-78-84(72,73)80-54-61(52-76-63(68)46-38-30-21-16-14-19-27-35-43-57(4)5)82-65(70)48-40-32-22-13-11-10-12-18-26-34-42-56(2)3/h56-62,67H,9-55H2,1-8H3,(H,72,73)(H,74,75)/t59?,60?,61-,62-/m1/s1. The summed E-state index contributed by atoms with van der Waals surface area (Å²) >= 11 is 0. The Bertz CT molecular complexity index is 1700. The van der Waals surface area contributed by atoms with Crippen LogP contribution in [0, 0.1) is 23.7 Å². The molecule has 19 heteroatoms. The van der Waals surface area contributed by atoms with Crippen LogP contribution in [-0.4, -0.2) is 96.7 Å². The van der Waals surface area contributed by atoms with Crippen molar-refractivity contribution in [2.45, 2.75) is 337 Å². The zero-order valence-electron chi connectivity index (χ0n) is 55.2. The van der Waals surface area contributed by atoms with Crippen molar-refractivity contribution in [3.8, 4) is 0 Å². The Kier molecular flexibility index (Phi) is 54.8. The van der Waals surface area contributed by atoms with Gasteiger partial charge in [0.1, 0.15) is 19.3 Å². The summed E-state index contributed by atoms with van der Waals surface area (Å²) in [6.07, 6.45) is 36.3. The van der Waals surface area contributed by atoms with E-state index in [1.165, 1.54) is 116 Å². The Labute approximate surface area is 517 Å². The molecule has 0 amide bonds. The number of rotatable bonds is 63. The monoisotopic (exact) mass is 1250 g/mol. The number of carbonyl (C=O) groups is 4. The molecule has 17 nitrogen and oxygen atoms in total. The number of phosphoric acid groups is 2. The van der Waals surface area contributed by atoms with Crippen LogP contribution in [0.2, 0.25) is 0 Å². The number of aliphatic hydroxyl groups excluding tert-OH is 1. The van der Waals surface area contributed by atoms with E-state index < -0.39 is 97.5 Å². The van der Waals surface area contributed by atoms with E-state index in [1.807, 2.05) is 0 Å². The molecule has 85 heavy (non-hydrogen) atoms. The number of phosphoric ester groups is 2. The van der Waals surface area contributed by atoms with Gasteiger partial charge >= 0.3 is 39.5 Å². The van der Waals surface area contributed by atoms with Crippen LogP contribution in [0.3, 0.4) is 0 Å². The van der Waals surface area contributed by atoms with Crippen LogP contribution in [0.5, 0.6) is 0 Å². The highest BCUT2D eigenvalue weighted by Crippen LogP contribution is 2.45. The third kappa shape index (κ3) is 59.5. The van der Waals surface area contributed by atoms with E-state index >= 15 is 0 Å². The van der Waals surface area contributed by atoms with E-state index in [0.717, 1.165) is 114 Å². The van der Waals surface area contributed by atoms with Crippen LogP contribution in [0.4, 0.5) is 0 Å². The number of carbonyl (C=O) groups excluding carboxylic acids is 4. The summed E-state index contributed by atoms with van der Waals surface area (Å²) in [5.74, 6) is 0.789. The maximum atomic E-state index is 13.0. The van der Waals surface area contributed by atoms with Gasteiger partial charge < -0.3 is 33.8 Å². The SMILES string of the molecule is CCC(C)CCCCCCCCCCC(=O)O[C@H](COC(=O)CCCCCCCCC(C)C)COP(=O)(O)OCC(O)COP(=O)(O)OC[C@@H](COC(=O)CCCCCCCCCCC(C)C)OC(=O)CCCCCCCCCCCCC(C)C. The minimum absolute atomic E-state index is 0.103. The molecule has 0 aromatic carbocycles. The van der Waals surface area contributed by atoms with Crippen LogP contribution in [0.15, 0.2) is 0 Å². The topological polar surface area (TPSA) is 237 Å². The van der Waals surface area contributed by atoms with Gasteiger partial charge in [-0.25, -0.2) is 9.13 Å². The van der Waals surface area contributed by atoms with E-state index in [0.29, 0.717) is 31.6 Å². The van der Waals surface area contributed by atoms with Gasteiger partial charge in [0.05, 0.1) is 26.4 Å². The van der Waals surface area contributed by atoms with Crippen molar-refractivity contribution in [3.63, 3.8) is 0 Å². The van der Waals surface area contributed by atoms with Crippen LogP contribution in [0.1, 0.15) is 319 Å². The molecular formula is C66H128O17P2. The normalized spacial score (nSPS) is 14.7. The van der Waals surface area contributed by atoms with Crippen molar-refractivity contribution in [2.75, 3.05) is 39.6 Å². The molecule has 0 bridgehead atoms. The minimum Gasteiger partial charge on any atom is -0.462 e. The summed E-state index contributed by atoms with van der Waals surface area (Å²) in [5.41, 5.74) is 0. The molecule has 504 valence electrons. The smallest absolute Gasteiger partial charge is 0.462 e. The molecule has 0 aromatic rings. The molecule has 0 aromatic heterocycles. The fraction of sp³-hybridized carbons (Fsp3) is 0.939. The van der Waals surface area contributed by atoms with E-state index in [2.05, 4.69) is 55.4 Å². The highest BCUT2D eigenvalue weighted by molar-refractivity contribution is 7.47. The van der Waals surface area contributed by atoms with Gasteiger partial charge in [-0.2, -0.15) is 0 Å². The Balaban J connectivity index is 5.26. The van der Waals surface area contributed by atoms with Gasteiger partial charge in [-0.3, -0.25) is 37.3 Å². The molecule has 0 radical (unpaired) electrons. The summed E-state index contributed by atoms with van der Waals surface area (Å²) in [5, 5.41) is 10.6. The second kappa shape index (κ2) is 56.1. The van der Waals surface area contributed by atoms with Crippen molar-refractivity contribution in [1.29, 1.82) is 0 Å². The molecule has 0 aliphatic carbocycles. The summed E-state index contributed by atoms with van der Waals surface area (Å²) in [4.78, 5) is 72.3. The van der Waals surface area contributed by atoms with Crippen molar-refractivity contribution in [2.24, 2.45) is 23.7 Å². The number of hydrogen-bond donors (Lipinski definition) is 3. The number of ether oxygens (including phenoxy) is 4. The molecule has 3 N–H and O–H groups in total. The van der Waals surface area contributed by atoms with Crippen molar-refractivity contribution in [1.82, 2.24) is 0 Å². The molecule has 6 atom stereocenters. The molecule has 0 aliphatic rings. The lowest BCUT2D eigenvalue weighted by Crippen LogP contribution is -2.30. The second-order valence-corrected chi connectivity index (χ2v) is 28.4. The zero-order chi connectivity index (χ0) is 63.2. The summed E-state index contributed by atoms with van der Waals surface area (Å²) < 4.78 is 68.1. The third-order valence-corrected chi connectivity index (χ3v) is 17.3. The molecule has 0 fully saturated rings. The average Bonchev–Trinajstić information content (AvgIpc) is 3.50. The van der Waals surface area contributed by atoms with Gasteiger partial charge in [0.25, 0.3) is 0 Å². The predicted octanol–water partition coefficient (Wildman–Crippen LogP) is 18.1. The largest absolute Gasteiger partial charge is 0.472 e. The lowest BCUT2D eigenvalue weighted by atomic mass is 9.99. The molecule has 0 heterocycles. The highest BCUT2D eigenvalue weighted by Gasteiger charge is 2.30. The maximum absolute atomic E-state index is 13.0. The fourth-order valence-electron chi connectivity index (χ4n) is 9.75. The average molecular weight is 1260 g/mol. The van der Waals surface area contributed by atoms with Gasteiger partial charge in [0.2, 0.25) is 0 Å². The van der Waals surface area contributed by atoms with Crippen LogP contribution in [-0.2, 0) is 65.4 Å². The van der Waals surface area contributed by atoms with Crippen LogP contribution < -0.4 is 0 Å². The van der Waals surface area contributed by atoms with Crippen molar-refractivity contribution >= 4 is 39.5 Å². The third-order valence-electron chi connectivity index (χ3n) is 15.4. The lowest BCUT2D eigenvalue weighted by molar-refractivity contribution is -0.161. The van der Waals surface area contributed by atoms with Gasteiger partial charge in [0, 0.05) is 25.7 Å². The summed E-state index contributed by atoms with van der Waals surface area (Å²) in [6, 6.07) is 0. The van der Waals surface area contributed by atoms with Gasteiger partial charge in [-0.1, -0.05) is 267 Å². The zero-order valence-corrected chi connectivity index (χ0v) is 57.0. The highest BCUT2D eigenvalue weighted by atomic mass is 31.2. The Hall–Kier alpha value is -1.94. The number of aliphatic hydroxyl groups is 1. The van der Waals surface area contributed by atoms with Crippen LogP contribution in [0.25, 0.3) is 0 Å². The maximum Gasteiger partial charge on any atom is 0.472 e. The quantitative estimate of drug-likeness (QED) is 0.0222. The first-order valence-corrected chi connectivity index (χ1v) is 37.2. The van der Waals surface area contributed by atoms with Gasteiger partial charge in [0.15, 0.2) is 12.2 Å². The van der Waals surface area contributed by atoms with E-state index in [9.17, 15) is 43.2 Å². The van der Waals surface area contributed by atoms with Crippen LogP contribution >= 0.6 is 15.6 Å². The first-order valence-electron chi connectivity index (χ1n) is 34.2. The molecule has 4 unspecified atom stereocenters. The summed E-state index contributed by atoms with van der Waals surface area (Å²) in [6.45, 7) is 14.0. The molecule has 0 saturated carbocycles. The van der Waals surface area contributed by atoms with Gasteiger partial charge in [-0.05, 0) is 49.4 Å². The molecule has 0 spiro atoms.